The van der Waals surface area contributed by atoms with Gasteiger partial charge < -0.3 is 5.73 Å². The van der Waals surface area contributed by atoms with Gasteiger partial charge in [-0.3, -0.25) is 4.68 Å². The van der Waals surface area contributed by atoms with E-state index >= 15 is 0 Å². The average molecular weight is 302 g/mol. The molecular formula is C13H26N4O2S. The standard InChI is InChI=1S/C13H26N4O2S/c1-5-6-7-8-13(2,3)10-15-20(18,19)11-9-17(4)16-12(11)14/h9,15H,5-8,10H2,1-4H3,(H2,14,16). The summed E-state index contributed by atoms with van der Waals surface area (Å²) < 4.78 is 28.4. The molecule has 6 nitrogen and oxygen atoms in total. The maximum absolute atomic E-state index is 12.2. The van der Waals surface area contributed by atoms with Crippen molar-refractivity contribution >= 4 is 15.8 Å². The van der Waals surface area contributed by atoms with E-state index in [1.165, 1.54) is 17.3 Å². The first-order valence-corrected chi connectivity index (χ1v) is 8.45. The molecule has 0 amide bonds. The van der Waals surface area contributed by atoms with Crippen molar-refractivity contribution in [1.29, 1.82) is 0 Å². The van der Waals surface area contributed by atoms with Crippen LogP contribution in [0.2, 0.25) is 0 Å². The molecule has 0 aromatic carbocycles. The SMILES string of the molecule is CCCCCC(C)(C)CNS(=O)(=O)c1cn(C)nc1N. The third-order valence-corrected chi connectivity index (χ3v) is 4.73. The molecule has 0 bridgehead atoms. The molecule has 1 rings (SSSR count). The van der Waals surface area contributed by atoms with Gasteiger partial charge >= 0.3 is 0 Å². The van der Waals surface area contributed by atoms with E-state index in [4.69, 9.17) is 5.73 Å². The molecule has 116 valence electrons. The molecule has 0 saturated heterocycles. The lowest BCUT2D eigenvalue weighted by atomic mass is 9.87. The zero-order chi connectivity index (χ0) is 15.4. The van der Waals surface area contributed by atoms with Crippen LogP contribution >= 0.6 is 0 Å². The number of sulfonamides is 1. The first-order chi connectivity index (χ1) is 9.18. The monoisotopic (exact) mass is 302 g/mol. The number of anilines is 1. The van der Waals surface area contributed by atoms with Crippen LogP contribution in [-0.4, -0.2) is 24.7 Å². The van der Waals surface area contributed by atoms with Gasteiger partial charge in [-0.2, -0.15) is 5.10 Å². The van der Waals surface area contributed by atoms with Gasteiger partial charge in [-0.25, -0.2) is 13.1 Å². The molecule has 1 aromatic rings. The lowest BCUT2D eigenvalue weighted by Crippen LogP contribution is -2.34. The van der Waals surface area contributed by atoms with Gasteiger partial charge in [0, 0.05) is 19.8 Å². The number of hydrogen-bond donors (Lipinski definition) is 2. The fourth-order valence-electron chi connectivity index (χ4n) is 2.00. The summed E-state index contributed by atoms with van der Waals surface area (Å²) in [7, 11) is -1.95. The van der Waals surface area contributed by atoms with Crippen molar-refractivity contribution in [1.82, 2.24) is 14.5 Å². The van der Waals surface area contributed by atoms with Gasteiger partial charge in [0.25, 0.3) is 0 Å². The summed E-state index contributed by atoms with van der Waals surface area (Å²) in [6.45, 7) is 6.68. The number of aromatic nitrogens is 2. The summed E-state index contributed by atoms with van der Waals surface area (Å²) in [6, 6.07) is 0. The van der Waals surface area contributed by atoms with E-state index in [0.717, 1.165) is 19.3 Å². The second-order valence-electron chi connectivity index (χ2n) is 6.00. The Labute approximate surface area is 121 Å². The molecule has 1 aromatic heterocycles. The van der Waals surface area contributed by atoms with Crippen molar-refractivity contribution in [2.45, 2.75) is 51.3 Å². The molecule has 0 radical (unpaired) electrons. The predicted molar refractivity (Wildman–Crippen MR) is 80.7 cm³/mol. The molecule has 0 aliphatic rings. The Bertz CT molecular complexity index is 535. The second-order valence-corrected chi connectivity index (χ2v) is 7.73. The quantitative estimate of drug-likeness (QED) is 0.717. The maximum Gasteiger partial charge on any atom is 0.245 e. The summed E-state index contributed by atoms with van der Waals surface area (Å²) in [4.78, 5) is 0.0457. The van der Waals surface area contributed by atoms with Gasteiger partial charge in [-0.15, -0.1) is 0 Å². The Balaban J connectivity index is 2.66. The molecule has 20 heavy (non-hydrogen) atoms. The van der Waals surface area contributed by atoms with E-state index in [-0.39, 0.29) is 16.1 Å². The molecule has 7 heteroatoms. The summed E-state index contributed by atoms with van der Waals surface area (Å²) >= 11 is 0. The normalized spacial score (nSPS) is 12.8. The highest BCUT2D eigenvalue weighted by atomic mass is 32.2. The maximum atomic E-state index is 12.2. The van der Waals surface area contributed by atoms with Crippen LogP contribution < -0.4 is 10.5 Å². The van der Waals surface area contributed by atoms with Crippen molar-refractivity contribution in [2.24, 2.45) is 12.5 Å². The lowest BCUT2D eigenvalue weighted by molar-refractivity contribution is 0.320. The fraction of sp³-hybridized carbons (Fsp3) is 0.769. The van der Waals surface area contributed by atoms with Crippen LogP contribution in [-0.2, 0) is 17.1 Å². The Morgan fingerprint density at radius 2 is 2.05 bits per heavy atom. The van der Waals surface area contributed by atoms with Crippen molar-refractivity contribution in [3.63, 3.8) is 0 Å². The summed E-state index contributed by atoms with van der Waals surface area (Å²) in [5.74, 6) is 0.0313. The molecule has 1 heterocycles. The molecule has 0 aliphatic heterocycles. The lowest BCUT2D eigenvalue weighted by Gasteiger charge is -2.24. The van der Waals surface area contributed by atoms with Gasteiger partial charge in [-0.05, 0) is 11.8 Å². The van der Waals surface area contributed by atoms with E-state index in [9.17, 15) is 8.42 Å². The van der Waals surface area contributed by atoms with Crippen LogP contribution in [0.3, 0.4) is 0 Å². The smallest absolute Gasteiger partial charge is 0.245 e. The number of unbranched alkanes of at least 4 members (excludes halogenated alkanes) is 2. The van der Waals surface area contributed by atoms with Gasteiger partial charge in [0.15, 0.2) is 5.82 Å². The van der Waals surface area contributed by atoms with E-state index in [0.29, 0.717) is 6.54 Å². The molecule has 0 spiro atoms. The molecule has 0 unspecified atom stereocenters. The number of nitrogens with two attached hydrogens (primary N) is 1. The van der Waals surface area contributed by atoms with Crippen molar-refractivity contribution < 1.29 is 8.42 Å². The largest absolute Gasteiger partial charge is 0.381 e. The Morgan fingerprint density at radius 1 is 1.40 bits per heavy atom. The van der Waals surface area contributed by atoms with Gasteiger partial charge in [0.1, 0.15) is 4.90 Å². The van der Waals surface area contributed by atoms with E-state index in [1.54, 1.807) is 7.05 Å². The van der Waals surface area contributed by atoms with Crippen LogP contribution in [0.4, 0.5) is 5.82 Å². The highest BCUT2D eigenvalue weighted by molar-refractivity contribution is 7.89. The predicted octanol–water partition coefficient (Wildman–Crippen LogP) is 1.89. The van der Waals surface area contributed by atoms with Crippen LogP contribution in [0.1, 0.15) is 46.5 Å². The van der Waals surface area contributed by atoms with E-state index in [1.807, 2.05) is 0 Å². The molecule has 3 N–H and O–H groups in total. The zero-order valence-electron chi connectivity index (χ0n) is 12.8. The van der Waals surface area contributed by atoms with Crippen LogP contribution in [0, 0.1) is 5.41 Å². The van der Waals surface area contributed by atoms with Crippen molar-refractivity contribution in [3.8, 4) is 0 Å². The number of rotatable bonds is 8. The van der Waals surface area contributed by atoms with Gasteiger partial charge in [-0.1, -0.05) is 40.0 Å². The van der Waals surface area contributed by atoms with Crippen molar-refractivity contribution in [3.05, 3.63) is 6.20 Å². The molecular weight excluding hydrogens is 276 g/mol. The Morgan fingerprint density at radius 3 is 2.55 bits per heavy atom. The number of hydrogen-bond acceptors (Lipinski definition) is 4. The minimum absolute atomic E-state index is 0.0313. The number of aryl methyl sites for hydroxylation is 1. The van der Waals surface area contributed by atoms with Crippen LogP contribution in [0.15, 0.2) is 11.1 Å². The van der Waals surface area contributed by atoms with E-state index < -0.39 is 10.0 Å². The first kappa shape index (κ1) is 17.0. The fourth-order valence-corrected chi connectivity index (χ4v) is 3.34. The molecule has 0 saturated carbocycles. The summed E-state index contributed by atoms with van der Waals surface area (Å²) in [5.41, 5.74) is 5.54. The molecule has 0 aliphatic carbocycles. The molecule has 0 fully saturated rings. The number of nitrogens with one attached hydrogen (secondary N) is 1. The van der Waals surface area contributed by atoms with Crippen molar-refractivity contribution in [2.75, 3.05) is 12.3 Å². The third kappa shape index (κ3) is 4.79. The van der Waals surface area contributed by atoms with Gasteiger partial charge in [0.05, 0.1) is 0 Å². The number of nitrogens with zero attached hydrogens (tertiary/aromatic N) is 2. The molecule has 0 atom stereocenters. The third-order valence-electron chi connectivity index (χ3n) is 3.31. The average Bonchev–Trinajstić information content (AvgIpc) is 2.67. The highest BCUT2D eigenvalue weighted by Gasteiger charge is 2.24. The first-order valence-electron chi connectivity index (χ1n) is 6.97. The number of nitrogen functional groups attached to an aromatic ring is 1. The summed E-state index contributed by atoms with van der Waals surface area (Å²) in [5, 5.41) is 3.86. The van der Waals surface area contributed by atoms with Crippen LogP contribution in [0.25, 0.3) is 0 Å². The minimum atomic E-state index is -3.59. The Hall–Kier alpha value is -1.08. The van der Waals surface area contributed by atoms with Crippen LogP contribution in [0.5, 0.6) is 0 Å². The minimum Gasteiger partial charge on any atom is -0.381 e. The van der Waals surface area contributed by atoms with Gasteiger partial charge in [0.2, 0.25) is 10.0 Å². The second kappa shape index (κ2) is 6.58. The zero-order valence-corrected chi connectivity index (χ0v) is 13.6. The summed E-state index contributed by atoms with van der Waals surface area (Å²) in [6.07, 6.45) is 5.85. The Kier molecular flexibility index (Phi) is 5.59. The topological polar surface area (TPSA) is 90.0 Å². The highest BCUT2D eigenvalue weighted by Crippen LogP contribution is 2.24. The van der Waals surface area contributed by atoms with E-state index in [2.05, 4.69) is 30.6 Å².